The number of hydrogen-bond acceptors (Lipinski definition) is 5. The molecular formula is C14H17N3O4. The first kappa shape index (κ1) is 13.8. The Morgan fingerprint density at radius 1 is 1.38 bits per heavy atom. The van der Waals surface area contributed by atoms with Crippen molar-refractivity contribution in [2.24, 2.45) is 17.6 Å². The van der Waals surface area contributed by atoms with Gasteiger partial charge in [0.1, 0.15) is 5.69 Å². The average Bonchev–Trinajstić information content (AvgIpc) is 3.00. The molecule has 1 amide bonds. The second-order valence-electron chi connectivity index (χ2n) is 5.80. The van der Waals surface area contributed by atoms with Gasteiger partial charge >= 0.3 is 0 Å². The van der Waals surface area contributed by atoms with E-state index in [9.17, 15) is 20.0 Å². The molecule has 21 heavy (non-hydrogen) atoms. The summed E-state index contributed by atoms with van der Waals surface area (Å²) >= 11 is 0. The van der Waals surface area contributed by atoms with Gasteiger partial charge in [0.05, 0.1) is 11.0 Å². The van der Waals surface area contributed by atoms with E-state index in [2.05, 4.69) is 0 Å². The monoisotopic (exact) mass is 291 g/mol. The third kappa shape index (κ3) is 2.33. The number of hydrogen-bond donors (Lipinski definition) is 2. The maximum atomic E-state index is 11.3. The summed E-state index contributed by atoms with van der Waals surface area (Å²) < 4.78 is 0. The number of nitrogens with two attached hydrogens (primary N) is 1. The second-order valence-corrected chi connectivity index (χ2v) is 5.80. The largest absolute Gasteiger partial charge is 0.393 e. The Hall–Kier alpha value is -2.15. The number of nitro benzene ring substituents is 1. The van der Waals surface area contributed by atoms with Crippen LogP contribution in [0.5, 0.6) is 0 Å². The van der Waals surface area contributed by atoms with Crippen LogP contribution in [0.1, 0.15) is 23.2 Å². The molecule has 3 rings (SSSR count). The standard InChI is InChI=1S/C14H17N3O4/c15-14(19)8-1-3-11(17(20)21)12(5-8)16-6-9-2-4-13(18)10(9)7-16/h1,3,5,9-10,13,18H,2,4,6-7H2,(H2,15,19). The zero-order valence-electron chi connectivity index (χ0n) is 11.4. The molecule has 1 aliphatic heterocycles. The number of aliphatic hydroxyl groups excluding tert-OH is 1. The quantitative estimate of drug-likeness (QED) is 0.635. The lowest BCUT2D eigenvalue weighted by Gasteiger charge is -2.20. The van der Waals surface area contributed by atoms with Gasteiger partial charge < -0.3 is 15.7 Å². The van der Waals surface area contributed by atoms with E-state index in [1.807, 2.05) is 4.90 Å². The minimum Gasteiger partial charge on any atom is -0.393 e. The van der Waals surface area contributed by atoms with E-state index in [4.69, 9.17) is 5.73 Å². The smallest absolute Gasteiger partial charge is 0.292 e. The molecule has 3 atom stereocenters. The number of primary amides is 1. The molecule has 0 bridgehead atoms. The van der Waals surface area contributed by atoms with Crippen LogP contribution in [0.15, 0.2) is 18.2 Å². The second kappa shape index (κ2) is 5.00. The molecule has 7 heteroatoms. The molecule has 0 spiro atoms. The summed E-state index contributed by atoms with van der Waals surface area (Å²) in [5.74, 6) is -0.0933. The number of fused-ring (bicyclic) bond motifs is 1. The zero-order chi connectivity index (χ0) is 15.1. The fraction of sp³-hybridized carbons (Fsp3) is 0.500. The molecule has 2 aliphatic rings. The SMILES string of the molecule is NC(=O)c1ccc([N+](=O)[O-])c(N2CC3CCC(O)C3C2)c1. The van der Waals surface area contributed by atoms with Gasteiger partial charge in [-0.3, -0.25) is 14.9 Å². The van der Waals surface area contributed by atoms with E-state index in [1.165, 1.54) is 18.2 Å². The highest BCUT2D eigenvalue weighted by atomic mass is 16.6. The van der Waals surface area contributed by atoms with Crippen LogP contribution in [0.4, 0.5) is 11.4 Å². The Bertz CT molecular complexity index is 604. The fourth-order valence-corrected chi connectivity index (χ4v) is 3.52. The highest BCUT2D eigenvalue weighted by molar-refractivity contribution is 5.94. The van der Waals surface area contributed by atoms with Crippen LogP contribution in [-0.4, -0.2) is 35.1 Å². The summed E-state index contributed by atoms with van der Waals surface area (Å²) in [4.78, 5) is 23.9. The van der Waals surface area contributed by atoms with Crippen LogP contribution in [0, 0.1) is 22.0 Å². The van der Waals surface area contributed by atoms with Crippen molar-refractivity contribution in [3.8, 4) is 0 Å². The van der Waals surface area contributed by atoms with E-state index in [0.717, 1.165) is 12.8 Å². The highest BCUT2D eigenvalue weighted by Gasteiger charge is 2.43. The lowest BCUT2D eigenvalue weighted by molar-refractivity contribution is -0.384. The zero-order valence-corrected chi connectivity index (χ0v) is 11.4. The predicted octanol–water partition coefficient (Wildman–Crippen LogP) is 0.901. The van der Waals surface area contributed by atoms with Crippen LogP contribution in [0.25, 0.3) is 0 Å². The molecule has 3 N–H and O–H groups in total. The molecule has 1 saturated carbocycles. The third-order valence-corrected chi connectivity index (χ3v) is 4.62. The third-order valence-electron chi connectivity index (χ3n) is 4.62. The van der Waals surface area contributed by atoms with Crippen LogP contribution in [-0.2, 0) is 0 Å². The maximum Gasteiger partial charge on any atom is 0.292 e. The fourth-order valence-electron chi connectivity index (χ4n) is 3.52. The topological polar surface area (TPSA) is 110 Å². The minimum absolute atomic E-state index is 0.0329. The molecule has 1 aromatic carbocycles. The van der Waals surface area contributed by atoms with Gasteiger partial charge in [0.25, 0.3) is 5.69 Å². The Morgan fingerprint density at radius 2 is 2.14 bits per heavy atom. The number of aliphatic hydroxyl groups is 1. The summed E-state index contributed by atoms with van der Waals surface area (Å²) in [5.41, 5.74) is 5.89. The van der Waals surface area contributed by atoms with E-state index in [-0.39, 0.29) is 23.3 Å². The molecule has 3 unspecified atom stereocenters. The van der Waals surface area contributed by atoms with Gasteiger partial charge in [0.2, 0.25) is 5.91 Å². The molecule has 1 aliphatic carbocycles. The van der Waals surface area contributed by atoms with Crippen molar-refractivity contribution in [3.63, 3.8) is 0 Å². The molecule has 0 radical (unpaired) electrons. The van der Waals surface area contributed by atoms with Crippen molar-refractivity contribution in [3.05, 3.63) is 33.9 Å². The van der Waals surface area contributed by atoms with Crippen LogP contribution >= 0.6 is 0 Å². The van der Waals surface area contributed by atoms with E-state index < -0.39 is 10.8 Å². The molecular weight excluding hydrogens is 274 g/mol. The average molecular weight is 291 g/mol. The van der Waals surface area contributed by atoms with Gasteiger partial charge in [0.15, 0.2) is 0 Å². The lowest BCUT2D eigenvalue weighted by atomic mass is 10.00. The predicted molar refractivity (Wildman–Crippen MR) is 76.0 cm³/mol. The van der Waals surface area contributed by atoms with Crippen molar-refractivity contribution in [1.29, 1.82) is 0 Å². The van der Waals surface area contributed by atoms with Gasteiger partial charge in [-0.1, -0.05) is 0 Å². The van der Waals surface area contributed by atoms with Crippen molar-refractivity contribution < 1.29 is 14.8 Å². The van der Waals surface area contributed by atoms with Gasteiger partial charge in [-0.15, -0.1) is 0 Å². The van der Waals surface area contributed by atoms with Gasteiger partial charge in [0, 0.05) is 30.6 Å². The summed E-state index contributed by atoms with van der Waals surface area (Å²) in [7, 11) is 0. The Kier molecular flexibility index (Phi) is 3.29. The number of benzene rings is 1. The molecule has 112 valence electrons. The van der Waals surface area contributed by atoms with E-state index in [1.54, 1.807) is 0 Å². The van der Waals surface area contributed by atoms with Gasteiger partial charge in [-0.05, 0) is 30.9 Å². The Labute approximate surface area is 121 Å². The first-order chi connectivity index (χ1) is 9.97. The molecule has 0 aromatic heterocycles. The van der Waals surface area contributed by atoms with E-state index >= 15 is 0 Å². The number of anilines is 1. The molecule has 1 aromatic rings. The summed E-state index contributed by atoms with van der Waals surface area (Å²) in [6, 6.07) is 4.17. The number of nitro groups is 1. The number of nitrogens with zero attached hydrogens (tertiary/aromatic N) is 2. The molecule has 2 fully saturated rings. The van der Waals surface area contributed by atoms with Crippen molar-refractivity contribution in [2.75, 3.05) is 18.0 Å². The summed E-state index contributed by atoms with van der Waals surface area (Å²) in [6.45, 7) is 1.25. The first-order valence-corrected chi connectivity index (χ1v) is 6.98. The molecule has 1 heterocycles. The van der Waals surface area contributed by atoms with Crippen molar-refractivity contribution in [2.45, 2.75) is 18.9 Å². The van der Waals surface area contributed by atoms with E-state index in [0.29, 0.717) is 24.7 Å². The van der Waals surface area contributed by atoms with Gasteiger partial charge in [-0.2, -0.15) is 0 Å². The lowest BCUT2D eigenvalue weighted by Crippen LogP contribution is -2.25. The molecule has 1 saturated heterocycles. The highest BCUT2D eigenvalue weighted by Crippen LogP contribution is 2.42. The van der Waals surface area contributed by atoms with Crippen molar-refractivity contribution >= 4 is 17.3 Å². The van der Waals surface area contributed by atoms with Crippen molar-refractivity contribution in [1.82, 2.24) is 0 Å². The van der Waals surface area contributed by atoms with Crippen LogP contribution in [0.2, 0.25) is 0 Å². The minimum atomic E-state index is -0.606. The summed E-state index contributed by atoms with van der Waals surface area (Å²) in [5, 5.41) is 21.1. The number of amides is 1. The van der Waals surface area contributed by atoms with Gasteiger partial charge in [-0.25, -0.2) is 0 Å². The number of carbonyl (C=O) groups is 1. The Balaban J connectivity index is 1.95. The maximum absolute atomic E-state index is 11.3. The Morgan fingerprint density at radius 3 is 2.76 bits per heavy atom. The van der Waals surface area contributed by atoms with Crippen LogP contribution in [0.3, 0.4) is 0 Å². The number of rotatable bonds is 3. The normalized spacial score (nSPS) is 27.7. The number of carbonyl (C=O) groups excluding carboxylic acids is 1. The molecule has 7 nitrogen and oxygen atoms in total. The van der Waals surface area contributed by atoms with Crippen LogP contribution < -0.4 is 10.6 Å². The first-order valence-electron chi connectivity index (χ1n) is 6.98. The summed E-state index contributed by atoms with van der Waals surface area (Å²) in [6.07, 6.45) is 1.40.